The molecule has 0 radical (unpaired) electrons. The van der Waals surface area contributed by atoms with E-state index in [1.165, 1.54) is 28.8 Å². The van der Waals surface area contributed by atoms with Crippen LogP contribution in [-0.2, 0) is 31.0 Å². The number of carbonyl (C=O) groups excluding carboxylic acids is 1. The Hall–Kier alpha value is -2.14. The molecule has 0 saturated heterocycles. The van der Waals surface area contributed by atoms with Gasteiger partial charge in [0.15, 0.2) is 0 Å². The molecule has 0 spiro atoms. The molecule has 0 atom stereocenters. The summed E-state index contributed by atoms with van der Waals surface area (Å²) >= 11 is 0. The highest BCUT2D eigenvalue weighted by molar-refractivity contribution is 5.79. The Kier molecular flexibility index (Phi) is 5.30. The summed E-state index contributed by atoms with van der Waals surface area (Å²) in [5.74, 6) is 0.430. The van der Waals surface area contributed by atoms with E-state index in [1.807, 2.05) is 0 Å². The monoisotopic (exact) mass is 366 g/mol. The van der Waals surface area contributed by atoms with Gasteiger partial charge in [-0.1, -0.05) is 24.6 Å². The van der Waals surface area contributed by atoms with Crippen molar-refractivity contribution in [3.63, 3.8) is 0 Å². The average molecular weight is 367 g/mol. The minimum absolute atomic E-state index is 0.195. The molecule has 27 heavy (non-hydrogen) atoms. The van der Waals surface area contributed by atoms with Gasteiger partial charge in [-0.15, -0.1) is 0 Å². The summed E-state index contributed by atoms with van der Waals surface area (Å²) in [6, 6.07) is 8.71. The van der Waals surface area contributed by atoms with Crippen LogP contribution in [0.2, 0.25) is 0 Å². The van der Waals surface area contributed by atoms with Crippen molar-refractivity contribution in [1.82, 2.24) is 20.0 Å². The van der Waals surface area contributed by atoms with Crippen LogP contribution in [0.25, 0.3) is 0 Å². The van der Waals surface area contributed by atoms with E-state index in [9.17, 15) is 4.79 Å². The van der Waals surface area contributed by atoms with E-state index in [1.54, 1.807) is 0 Å². The number of nitrogens with zero attached hydrogens (tertiary/aromatic N) is 3. The number of aryl methyl sites for hydroxylation is 3. The molecular formula is C22H30N4O. The molecule has 1 aliphatic heterocycles. The van der Waals surface area contributed by atoms with Crippen LogP contribution >= 0.6 is 0 Å². The lowest BCUT2D eigenvalue weighted by Crippen LogP contribution is -2.34. The lowest BCUT2D eigenvalue weighted by Gasteiger charge is -2.23. The highest BCUT2D eigenvalue weighted by Crippen LogP contribution is 2.26. The average Bonchev–Trinajstić information content (AvgIpc) is 2.87. The van der Waals surface area contributed by atoms with Crippen LogP contribution in [0.5, 0.6) is 0 Å². The van der Waals surface area contributed by atoms with Crippen LogP contribution in [0.4, 0.5) is 0 Å². The van der Waals surface area contributed by atoms with Crippen LogP contribution in [0, 0.1) is 19.8 Å². The van der Waals surface area contributed by atoms with Gasteiger partial charge < -0.3 is 5.32 Å². The maximum atomic E-state index is 12.1. The molecule has 144 valence electrons. The molecule has 1 amide bonds. The largest absolute Gasteiger partial charge is 0.350 e. The highest BCUT2D eigenvalue weighted by atomic mass is 16.1. The van der Waals surface area contributed by atoms with Gasteiger partial charge in [0.2, 0.25) is 5.91 Å². The fraction of sp³-hybridized carbons (Fsp3) is 0.545. The molecule has 1 saturated carbocycles. The fourth-order valence-corrected chi connectivity index (χ4v) is 4.12. The van der Waals surface area contributed by atoms with E-state index in [2.05, 4.69) is 53.0 Å². The highest BCUT2D eigenvalue weighted by Gasteiger charge is 2.25. The molecule has 1 aliphatic carbocycles. The summed E-state index contributed by atoms with van der Waals surface area (Å²) in [5, 5.41) is 7.80. The minimum atomic E-state index is 0.195. The maximum Gasteiger partial charge on any atom is 0.223 e. The van der Waals surface area contributed by atoms with Gasteiger partial charge in [0.1, 0.15) is 0 Å². The summed E-state index contributed by atoms with van der Waals surface area (Å²) in [6.45, 7) is 8.89. The van der Waals surface area contributed by atoms with Gasteiger partial charge in [0, 0.05) is 32.1 Å². The molecule has 0 unspecified atom stereocenters. The summed E-state index contributed by atoms with van der Waals surface area (Å²) in [4.78, 5) is 14.6. The van der Waals surface area contributed by atoms with Gasteiger partial charge in [-0.2, -0.15) is 5.10 Å². The third-order valence-corrected chi connectivity index (χ3v) is 6.09. The first kappa shape index (κ1) is 18.2. The number of nitrogens with one attached hydrogen (secondary N) is 1. The van der Waals surface area contributed by atoms with Crippen molar-refractivity contribution < 1.29 is 4.79 Å². The zero-order valence-electron chi connectivity index (χ0n) is 16.5. The zero-order chi connectivity index (χ0) is 18.8. The van der Waals surface area contributed by atoms with E-state index in [0.717, 1.165) is 51.1 Å². The Morgan fingerprint density at radius 3 is 2.67 bits per heavy atom. The number of hydrogen-bond acceptors (Lipinski definition) is 3. The normalized spacial score (nSPS) is 17.9. The standard InChI is InChI=1S/C22H30N4O/c1-16-6-3-7-17(2)21(16)15-25-10-5-11-26-20(14-25)12-19(24-26)13-23-22(27)18-8-4-9-18/h3,6-7,12,18H,4-5,8-11,13-15H2,1-2H3,(H,23,27). The minimum Gasteiger partial charge on any atom is -0.350 e. The fourth-order valence-electron chi connectivity index (χ4n) is 4.12. The number of rotatable bonds is 5. The lowest BCUT2D eigenvalue weighted by atomic mass is 9.85. The smallest absolute Gasteiger partial charge is 0.223 e. The van der Waals surface area contributed by atoms with Crippen molar-refractivity contribution >= 4 is 5.91 Å². The molecule has 0 bridgehead atoms. The van der Waals surface area contributed by atoms with Crippen molar-refractivity contribution in [2.75, 3.05) is 6.54 Å². The first-order chi connectivity index (χ1) is 13.1. The lowest BCUT2D eigenvalue weighted by molar-refractivity contribution is -0.127. The third-order valence-electron chi connectivity index (χ3n) is 6.09. The van der Waals surface area contributed by atoms with E-state index < -0.39 is 0 Å². The second kappa shape index (κ2) is 7.85. The predicted molar refractivity (Wildman–Crippen MR) is 106 cm³/mol. The Morgan fingerprint density at radius 1 is 1.19 bits per heavy atom. The molecule has 1 N–H and O–H groups in total. The second-order valence-electron chi connectivity index (χ2n) is 8.13. The van der Waals surface area contributed by atoms with E-state index in [4.69, 9.17) is 5.10 Å². The van der Waals surface area contributed by atoms with Crippen LogP contribution in [-0.4, -0.2) is 27.1 Å². The van der Waals surface area contributed by atoms with Crippen molar-refractivity contribution in [3.05, 3.63) is 52.3 Å². The summed E-state index contributed by atoms with van der Waals surface area (Å²) in [7, 11) is 0. The molecule has 1 fully saturated rings. The Morgan fingerprint density at radius 2 is 1.96 bits per heavy atom. The molecule has 2 aliphatic rings. The molecule has 2 aromatic rings. The van der Waals surface area contributed by atoms with Crippen LogP contribution in [0.15, 0.2) is 24.3 Å². The number of amides is 1. The molecular weight excluding hydrogens is 336 g/mol. The van der Waals surface area contributed by atoms with Gasteiger partial charge in [0.25, 0.3) is 0 Å². The molecule has 2 heterocycles. The summed E-state index contributed by atoms with van der Waals surface area (Å²) < 4.78 is 2.13. The first-order valence-electron chi connectivity index (χ1n) is 10.2. The van der Waals surface area contributed by atoms with Gasteiger partial charge in [-0.05, 0) is 55.9 Å². The van der Waals surface area contributed by atoms with Crippen molar-refractivity contribution in [1.29, 1.82) is 0 Å². The van der Waals surface area contributed by atoms with Crippen molar-refractivity contribution in [2.45, 2.75) is 65.7 Å². The summed E-state index contributed by atoms with van der Waals surface area (Å²) in [5.41, 5.74) is 6.41. The van der Waals surface area contributed by atoms with Gasteiger partial charge in [0.05, 0.1) is 17.9 Å². The second-order valence-corrected chi connectivity index (χ2v) is 8.13. The third kappa shape index (κ3) is 4.08. The number of benzene rings is 1. The first-order valence-corrected chi connectivity index (χ1v) is 10.2. The number of fused-ring (bicyclic) bond motifs is 1. The van der Waals surface area contributed by atoms with Crippen LogP contribution < -0.4 is 5.32 Å². The van der Waals surface area contributed by atoms with Crippen molar-refractivity contribution in [3.8, 4) is 0 Å². The SMILES string of the molecule is Cc1cccc(C)c1CN1CCCn2nc(CNC(=O)C3CCC3)cc2C1. The maximum absolute atomic E-state index is 12.1. The van der Waals surface area contributed by atoms with Crippen molar-refractivity contribution in [2.24, 2.45) is 5.92 Å². The van der Waals surface area contributed by atoms with Crippen LogP contribution in [0.3, 0.4) is 0 Å². The zero-order valence-corrected chi connectivity index (χ0v) is 16.5. The number of hydrogen-bond donors (Lipinski definition) is 1. The Bertz CT molecular complexity index is 801. The summed E-state index contributed by atoms with van der Waals surface area (Å²) in [6.07, 6.45) is 4.37. The quantitative estimate of drug-likeness (QED) is 0.883. The van der Waals surface area contributed by atoms with E-state index >= 15 is 0 Å². The molecule has 1 aromatic heterocycles. The topological polar surface area (TPSA) is 50.2 Å². The number of carbonyl (C=O) groups is 1. The van der Waals surface area contributed by atoms with Gasteiger partial charge in [-0.25, -0.2) is 0 Å². The molecule has 4 rings (SSSR count). The predicted octanol–water partition coefficient (Wildman–Crippen LogP) is 3.32. The van der Waals surface area contributed by atoms with E-state index in [0.29, 0.717) is 6.54 Å². The molecule has 5 heteroatoms. The number of aromatic nitrogens is 2. The van der Waals surface area contributed by atoms with Gasteiger partial charge in [-0.3, -0.25) is 14.4 Å². The van der Waals surface area contributed by atoms with E-state index in [-0.39, 0.29) is 11.8 Å². The Balaban J connectivity index is 1.41. The molecule has 1 aromatic carbocycles. The Labute approximate surface area is 161 Å². The van der Waals surface area contributed by atoms with Crippen LogP contribution in [0.1, 0.15) is 53.8 Å². The molecule has 5 nitrogen and oxygen atoms in total. The van der Waals surface area contributed by atoms with Gasteiger partial charge >= 0.3 is 0 Å².